The van der Waals surface area contributed by atoms with Gasteiger partial charge in [0.05, 0.1) is 17.9 Å². The maximum absolute atomic E-state index is 10.5. The Balaban J connectivity index is 0.000000845. The van der Waals surface area contributed by atoms with Crippen LogP contribution in [0.5, 0.6) is 0 Å². The van der Waals surface area contributed by atoms with Crippen molar-refractivity contribution in [1.82, 2.24) is 14.4 Å². The molecule has 0 atom stereocenters. The quantitative estimate of drug-likeness (QED) is 0.442. The van der Waals surface area contributed by atoms with E-state index in [1.165, 1.54) is 29.2 Å². The van der Waals surface area contributed by atoms with Crippen molar-refractivity contribution in [2.24, 2.45) is 0 Å². The minimum Gasteiger partial charge on any atom is -0.542 e. The van der Waals surface area contributed by atoms with Crippen molar-refractivity contribution in [3.63, 3.8) is 0 Å². The number of nitrogens with zero attached hydrogens (tertiary/aromatic N) is 3. The van der Waals surface area contributed by atoms with E-state index in [0.29, 0.717) is 5.52 Å². The first-order chi connectivity index (χ1) is 5.79. The molecule has 0 aromatic carbocycles. The number of aromatic nitrogens is 3. The Morgan fingerprint density at radius 2 is 2.23 bits per heavy atom. The van der Waals surface area contributed by atoms with Crippen LogP contribution in [0.4, 0.5) is 0 Å². The van der Waals surface area contributed by atoms with Crippen LogP contribution >= 0.6 is 0 Å². The Bertz CT molecular complexity index is 440. The van der Waals surface area contributed by atoms with Gasteiger partial charge in [0.15, 0.2) is 5.82 Å². The smallest absolute Gasteiger partial charge is 0.542 e. The van der Waals surface area contributed by atoms with Gasteiger partial charge in [-0.15, -0.1) is 0 Å². The van der Waals surface area contributed by atoms with Crippen LogP contribution in [-0.4, -0.2) is 20.3 Å². The summed E-state index contributed by atoms with van der Waals surface area (Å²) < 4.78 is 1.41. The molecule has 0 amide bonds. The zero-order valence-electron chi connectivity index (χ0n) is 6.97. The minimum absolute atomic E-state index is 0. The Morgan fingerprint density at radius 1 is 1.46 bits per heavy atom. The van der Waals surface area contributed by atoms with E-state index in [4.69, 9.17) is 0 Å². The predicted molar refractivity (Wildman–Crippen MR) is 37.3 cm³/mol. The van der Waals surface area contributed by atoms with Gasteiger partial charge < -0.3 is 9.90 Å². The molecule has 60 valence electrons. The molecule has 0 aliphatic rings. The molecular formula is C7H4KN3O2. The molecule has 2 heterocycles. The largest absolute Gasteiger partial charge is 1.00 e. The molecule has 2 aromatic heterocycles. The van der Waals surface area contributed by atoms with Crippen molar-refractivity contribution in [3.8, 4) is 0 Å². The molecule has 13 heavy (non-hydrogen) atoms. The number of carboxylic acids is 1. The average Bonchev–Trinajstić information content (AvgIpc) is 2.47. The Morgan fingerprint density at radius 3 is 2.92 bits per heavy atom. The monoisotopic (exact) mass is 201 g/mol. The number of hydrogen-bond acceptors (Lipinski definition) is 4. The molecule has 0 unspecified atom stereocenters. The molecule has 0 saturated heterocycles. The van der Waals surface area contributed by atoms with E-state index in [9.17, 15) is 9.90 Å². The second-order valence-corrected chi connectivity index (χ2v) is 2.24. The fraction of sp³-hybridized carbons (Fsp3) is 0. The fourth-order valence-corrected chi connectivity index (χ4v) is 1.00. The van der Waals surface area contributed by atoms with Crippen LogP contribution in [-0.2, 0) is 0 Å². The summed E-state index contributed by atoms with van der Waals surface area (Å²) in [7, 11) is 0. The molecule has 6 heteroatoms. The summed E-state index contributed by atoms with van der Waals surface area (Å²) in [6.45, 7) is 0. The molecular weight excluding hydrogens is 197 g/mol. The number of carboxylic acid groups (broad SMARTS) is 1. The molecule has 0 saturated carbocycles. The van der Waals surface area contributed by atoms with Crippen LogP contribution in [0.15, 0.2) is 24.8 Å². The van der Waals surface area contributed by atoms with Gasteiger partial charge >= 0.3 is 51.4 Å². The fourth-order valence-electron chi connectivity index (χ4n) is 1.00. The first-order valence-corrected chi connectivity index (χ1v) is 3.27. The maximum atomic E-state index is 10.5. The van der Waals surface area contributed by atoms with Gasteiger partial charge in [0.2, 0.25) is 0 Å². The molecule has 0 fully saturated rings. The SMILES string of the molecule is O=C([O-])c1ncc2cnccn12.[K+]. The van der Waals surface area contributed by atoms with E-state index in [0.717, 1.165) is 0 Å². The predicted octanol–water partition coefficient (Wildman–Crippen LogP) is -3.90. The van der Waals surface area contributed by atoms with Gasteiger partial charge in [-0.3, -0.25) is 9.38 Å². The summed E-state index contributed by atoms with van der Waals surface area (Å²) in [4.78, 5) is 17.9. The van der Waals surface area contributed by atoms with Crippen molar-refractivity contribution in [3.05, 3.63) is 30.6 Å². The van der Waals surface area contributed by atoms with Crippen LogP contribution in [0.3, 0.4) is 0 Å². The second-order valence-electron chi connectivity index (χ2n) is 2.24. The van der Waals surface area contributed by atoms with Gasteiger partial charge in [-0.2, -0.15) is 0 Å². The van der Waals surface area contributed by atoms with Gasteiger partial charge in [0.1, 0.15) is 5.97 Å². The number of hydrogen-bond donors (Lipinski definition) is 0. The minimum atomic E-state index is -1.29. The molecule has 0 radical (unpaired) electrons. The molecule has 0 aliphatic carbocycles. The molecule has 5 nitrogen and oxygen atoms in total. The molecule has 2 aromatic rings. The molecule has 0 N–H and O–H groups in total. The molecule has 0 aliphatic heterocycles. The topological polar surface area (TPSA) is 70.3 Å². The van der Waals surface area contributed by atoms with Crippen LogP contribution in [0, 0.1) is 0 Å². The number of carbonyl (C=O) groups is 1. The summed E-state index contributed by atoms with van der Waals surface area (Å²) in [6, 6.07) is 0. The van der Waals surface area contributed by atoms with Crippen LogP contribution in [0.1, 0.15) is 10.6 Å². The van der Waals surface area contributed by atoms with E-state index in [1.807, 2.05) is 0 Å². The van der Waals surface area contributed by atoms with E-state index in [-0.39, 0.29) is 57.2 Å². The summed E-state index contributed by atoms with van der Waals surface area (Å²) in [5, 5.41) is 10.5. The van der Waals surface area contributed by atoms with Crippen molar-refractivity contribution in [1.29, 1.82) is 0 Å². The standard InChI is InChI=1S/C7H5N3O2.K/c11-7(12)6-9-4-5-3-8-1-2-10(5)6;/h1-4H,(H,11,12);/q;+1/p-1. The zero-order chi connectivity index (χ0) is 8.55. The van der Waals surface area contributed by atoms with Crippen molar-refractivity contribution in [2.45, 2.75) is 0 Å². The number of carbonyl (C=O) groups excluding carboxylic acids is 1. The molecule has 2 rings (SSSR count). The van der Waals surface area contributed by atoms with Gasteiger partial charge in [0, 0.05) is 12.4 Å². The van der Waals surface area contributed by atoms with Gasteiger partial charge in [0.25, 0.3) is 0 Å². The average molecular weight is 201 g/mol. The second kappa shape index (κ2) is 4.29. The van der Waals surface area contributed by atoms with Crippen LogP contribution < -0.4 is 56.5 Å². The third-order valence-corrected chi connectivity index (χ3v) is 1.52. The Kier molecular flexibility index (Phi) is 3.57. The number of aromatic carboxylic acids is 1. The zero-order valence-corrected chi connectivity index (χ0v) is 10.1. The van der Waals surface area contributed by atoms with E-state index < -0.39 is 5.97 Å². The summed E-state index contributed by atoms with van der Waals surface area (Å²) in [5.41, 5.74) is 0.636. The molecule has 0 bridgehead atoms. The third-order valence-electron chi connectivity index (χ3n) is 1.52. The summed E-state index contributed by atoms with van der Waals surface area (Å²) >= 11 is 0. The van der Waals surface area contributed by atoms with Crippen molar-refractivity contribution < 1.29 is 61.3 Å². The van der Waals surface area contributed by atoms with Crippen molar-refractivity contribution in [2.75, 3.05) is 0 Å². The summed E-state index contributed by atoms with van der Waals surface area (Å²) in [5.74, 6) is -1.39. The van der Waals surface area contributed by atoms with Crippen LogP contribution in [0.25, 0.3) is 5.52 Å². The molecule has 0 spiro atoms. The van der Waals surface area contributed by atoms with E-state index in [1.54, 1.807) is 0 Å². The number of imidazole rings is 1. The Labute approximate surface area is 116 Å². The number of rotatable bonds is 1. The van der Waals surface area contributed by atoms with E-state index >= 15 is 0 Å². The van der Waals surface area contributed by atoms with Crippen molar-refractivity contribution >= 4 is 11.5 Å². The third kappa shape index (κ3) is 1.97. The Hall–Kier alpha value is -0.274. The van der Waals surface area contributed by atoms with Gasteiger partial charge in [-0.25, -0.2) is 4.98 Å². The first-order valence-electron chi connectivity index (χ1n) is 3.27. The van der Waals surface area contributed by atoms with Gasteiger partial charge in [-0.05, 0) is 0 Å². The summed E-state index contributed by atoms with van der Waals surface area (Å²) in [6.07, 6.45) is 5.96. The van der Waals surface area contributed by atoms with Crippen LogP contribution in [0.2, 0.25) is 0 Å². The maximum Gasteiger partial charge on any atom is 1.00 e. The number of fused-ring (bicyclic) bond motifs is 1. The first kappa shape index (κ1) is 10.8. The van der Waals surface area contributed by atoms with E-state index in [2.05, 4.69) is 9.97 Å². The van der Waals surface area contributed by atoms with Gasteiger partial charge in [-0.1, -0.05) is 0 Å². The normalized spacial score (nSPS) is 9.54.